The largest absolute Gasteiger partial charge is 0.329 e. The Bertz CT molecular complexity index is 120. The molecule has 0 unspecified atom stereocenters. The molecule has 0 saturated carbocycles. The number of hydrogen-bond donors (Lipinski definition) is 1. The topological polar surface area (TPSA) is 32.5 Å². The molecule has 0 atom stereocenters. The standard InChI is InChI=1S/C8H19F2N3/c1-12(2)5-6-13(4-3-11)7-8(9)10/h8H,3-7,11H2,1-2H3. The zero-order valence-electron chi connectivity index (χ0n) is 8.34. The average molecular weight is 195 g/mol. The van der Waals surface area contributed by atoms with Crippen LogP contribution in [-0.2, 0) is 0 Å². The highest BCUT2D eigenvalue weighted by atomic mass is 19.3. The maximum atomic E-state index is 12.0. The van der Waals surface area contributed by atoms with Crippen molar-refractivity contribution in [3.05, 3.63) is 0 Å². The highest BCUT2D eigenvalue weighted by Gasteiger charge is 2.10. The lowest BCUT2D eigenvalue weighted by Gasteiger charge is -2.22. The van der Waals surface area contributed by atoms with Crippen LogP contribution >= 0.6 is 0 Å². The normalized spacial score (nSPS) is 12.0. The van der Waals surface area contributed by atoms with Crippen molar-refractivity contribution in [2.24, 2.45) is 5.73 Å². The predicted molar refractivity (Wildman–Crippen MR) is 50.1 cm³/mol. The van der Waals surface area contributed by atoms with Gasteiger partial charge in [0.05, 0.1) is 6.54 Å². The van der Waals surface area contributed by atoms with Crippen molar-refractivity contribution in [1.82, 2.24) is 9.80 Å². The molecule has 0 spiro atoms. The summed E-state index contributed by atoms with van der Waals surface area (Å²) in [6.07, 6.45) is -2.27. The summed E-state index contributed by atoms with van der Waals surface area (Å²) in [5, 5.41) is 0. The van der Waals surface area contributed by atoms with Crippen LogP contribution in [-0.4, -0.2) is 63.0 Å². The van der Waals surface area contributed by atoms with E-state index in [-0.39, 0.29) is 6.54 Å². The summed E-state index contributed by atoms with van der Waals surface area (Å²) in [7, 11) is 3.84. The first-order valence-corrected chi connectivity index (χ1v) is 4.41. The lowest BCUT2D eigenvalue weighted by molar-refractivity contribution is 0.0863. The summed E-state index contributed by atoms with van der Waals surface area (Å²) in [4.78, 5) is 3.65. The highest BCUT2D eigenvalue weighted by Crippen LogP contribution is 1.97. The third-order valence-corrected chi connectivity index (χ3v) is 1.70. The molecule has 0 heterocycles. The van der Waals surface area contributed by atoms with E-state index in [0.29, 0.717) is 19.6 Å². The summed E-state index contributed by atoms with van der Waals surface area (Å²) in [6, 6.07) is 0. The molecule has 0 fully saturated rings. The van der Waals surface area contributed by atoms with Crippen molar-refractivity contribution in [1.29, 1.82) is 0 Å². The minimum absolute atomic E-state index is 0.176. The SMILES string of the molecule is CN(C)CCN(CCN)CC(F)F. The molecule has 80 valence electrons. The molecule has 0 aromatic heterocycles. The maximum absolute atomic E-state index is 12.0. The monoisotopic (exact) mass is 195 g/mol. The van der Waals surface area contributed by atoms with Crippen LogP contribution in [0.5, 0.6) is 0 Å². The molecule has 3 nitrogen and oxygen atoms in total. The van der Waals surface area contributed by atoms with Gasteiger partial charge in [-0.05, 0) is 14.1 Å². The molecule has 0 saturated heterocycles. The van der Waals surface area contributed by atoms with Gasteiger partial charge in [-0.3, -0.25) is 4.90 Å². The Kier molecular flexibility index (Phi) is 7.03. The second-order valence-electron chi connectivity index (χ2n) is 3.28. The number of rotatable bonds is 7. The van der Waals surface area contributed by atoms with Crippen molar-refractivity contribution in [2.75, 3.05) is 46.8 Å². The zero-order chi connectivity index (χ0) is 10.3. The van der Waals surface area contributed by atoms with Crippen molar-refractivity contribution >= 4 is 0 Å². The van der Waals surface area contributed by atoms with E-state index < -0.39 is 6.43 Å². The van der Waals surface area contributed by atoms with Gasteiger partial charge in [-0.25, -0.2) is 8.78 Å². The molecule has 0 radical (unpaired) electrons. The maximum Gasteiger partial charge on any atom is 0.251 e. The van der Waals surface area contributed by atoms with E-state index in [0.717, 1.165) is 6.54 Å². The van der Waals surface area contributed by atoms with Crippen molar-refractivity contribution < 1.29 is 8.78 Å². The molecule has 0 aliphatic heterocycles. The third kappa shape index (κ3) is 8.08. The quantitative estimate of drug-likeness (QED) is 0.624. The van der Waals surface area contributed by atoms with Gasteiger partial charge in [-0.1, -0.05) is 0 Å². The molecular weight excluding hydrogens is 176 g/mol. The first kappa shape index (κ1) is 12.7. The molecule has 5 heteroatoms. The van der Waals surface area contributed by atoms with Crippen LogP contribution < -0.4 is 5.73 Å². The molecule has 0 aliphatic carbocycles. The Balaban J connectivity index is 3.66. The Morgan fingerprint density at radius 3 is 2.15 bits per heavy atom. The smallest absolute Gasteiger partial charge is 0.251 e. The van der Waals surface area contributed by atoms with E-state index in [1.165, 1.54) is 0 Å². The average Bonchev–Trinajstić information content (AvgIpc) is 1.99. The van der Waals surface area contributed by atoms with Gasteiger partial charge in [0, 0.05) is 26.2 Å². The van der Waals surface area contributed by atoms with E-state index in [9.17, 15) is 8.78 Å². The predicted octanol–water partition coefficient (Wildman–Crippen LogP) is 0.0738. The minimum atomic E-state index is -2.27. The molecule has 0 aliphatic rings. The van der Waals surface area contributed by atoms with E-state index in [2.05, 4.69) is 0 Å². The number of likely N-dealkylation sites (N-methyl/N-ethyl adjacent to an activating group) is 1. The molecule has 0 aromatic rings. The van der Waals surface area contributed by atoms with E-state index >= 15 is 0 Å². The summed E-state index contributed by atoms with van der Waals surface area (Å²) in [6.45, 7) is 2.23. The lowest BCUT2D eigenvalue weighted by atomic mass is 10.4. The molecule has 0 aromatic carbocycles. The van der Waals surface area contributed by atoms with Gasteiger partial charge in [0.1, 0.15) is 0 Å². The number of halogens is 2. The first-order valence-electron chi connectivity index (χ1n) is 4.41. The molecular formula is C8H19F2N3. The number of hydrogen-bond acceptors (Lipinski definition) is 3. The van der Waals surface area contributed by atoms with Crippen LogP contribution in [0.2, 0.25) is 0 Å². The Hall–Kier alpha value is -0.260. The molecule has 2 N–H and O–H groups in total. The fraction of sp³-hybridized carbons (Fsp3) is 1.00. The van der Waals surface area contributed by atoms with Crippen LogP contribution in [0.4, 0.5) is 8.78 Å². The second kappa shape index (κ2) is 7.17. The van der Waals surface area contributed by atoms with E-state index in [1.54, 1.807) is 4.90 Å². The van der Waals surface area contributed by atoms with Gasteiger partial charge in [-0.2, -0.15) is 0 Å². The van der Waals surface area contributed by atoms with Crippen LogP contribution in [0, 0.1) is 0 Å². The minimum Gasteiger partial charge on any atom is -0.329 e. The third-order valence-electron chi connectivity index (χ3n) is 1.70. The second-order valence-corrected chi connectivity index (χ2v) is 3.28. The van der Waals surface area contributed by atoms with Crippen LogP contribution in [0.15, 0.2) is 0 Å². The molecule has 0 rings (SSSR count). The van der Waals surface area contributed by atoms with Gasteiger partial charge in [0.25, 0.3) is 6.43 Å². The number of alkyl halides is 2. The first-order chi connectivity index (χ1) is 6.06. The van der Waals surface area contributed by atoms with Crippen molar-refractivity contribution in [3.8, 4) is 0 Å². The van der Waals surface area contributed by atoms with E-state index in [1.807, 2.05) is 19.0 Å². The highest BCUT2D eigenvalue weighted by molar-refractivity contribution is 4.61. The summed E-state index contributed by atoms with van der Waals surface area (Å²) in [5.41, 5.74) is 5.31. The van der Waals surface area contributed by atoms with Gasteiger partial charge in [0.2, 0.25) is 0 Å². The van der Waals surface area contributed by atoms with Crippen LogP contribution in [0.25, 0.3) is 0 Å². The number of nitrogens with two attached hydrogens (primary N) is 1. The fourth-order valence-corrected chi connectivity index (χ4v) is 1.01. The van der Waals surface area contributed by atoms with E-state index in [4.69, 9.17) is 5.73 Å². The number of nitrogens with zero attached hydrogens (tertiary/aromatic N) is 2. The molecule has 0 bridgehead atoms. The zero-order valence-corrected chi connectivity index (χ0v) is 8.34. The van der Waals surface area contributed by atoms with Crippen LogP contribution in [0.3, 0.4) is 0 Å². The van der Waals surface area contributed by atoms with Gasteiger partial charge < -0.3 is 10.6 Å². The van der Waals surface area contributed by atoms with Crippen LogP contribution in [0.1, 0.15) is 0 Å². The van der Waals surface area contributed by atoms with Gasteiger partial charge in [0.15, 0.2) is 0 Å². The molecule has 13 heavy (non-hydrogen) atoms. The Morgan fingerprint density at radius 2 is 1.77 bits per heavy atom. The lowest BCUT2D eigenvalue weighted by Crippen LogP contribution is -2.38. The Labute approximate surface area is 78.5 Å². The van der Waals surface area contributed by atoms with Gasteiger partial charge in [-0.15, -0.1) is 0 Å². The van der Waals surface area contributed by atoms with Gasteiger partial charge >= 0.3 is 0 Å². The summed E-state index contributed by atoms with van der Waals surface area (Å²) in [5.74, 6) is 0. The summed E-state index contributed by atoms with van der Waals surface area (Å²) < 4.78 is 24.1. The Morgan fingerprint density at radius 1 is 1.15 bits per heavy atom. The van der Waals surface area contributed by atoms with Crippen molar-refractivity contribution in [3.63, 3.8) is 0 Å². The summed E-state index contributed by atoms with van der Waals surface area (Å²) >= 11 is 0. The van der Waals surface area contributed by atoms with Crippen molar-refractivity contribution in [2.45, 2.75) is 6.43 Å². The molecule has 0 amide bonds. The fourth-order valence-electron chi connectivity index (χ4n) is 1.01.